The fourth-order valence-electron chi connectivity index (χ4n) is 1.51. The minimum atomic E-state index is -4.33. The van der Waals surface area contributed by atoms with Gasteiger partial charge in [0.1, 0.15) is 12.4 Å². The molecule has 0 aliphatic rings. The molecule has 3 nitrogen and oxygen atoms in total. The van der Waals surface area contributed by atoms with E-state index in [1.165, 1.54) is 0 Å². The fraction of sp³-hybridized carbons (Fsp3) is 0.500. The monoisotopic (exact) mass is 263 g/mol. The van der Waals surface area contributed by atoms with Crippen LogP contribution in [0, 0.1) is 6.92 Å². The molecule has 0 amide bonds. The average molecular weight is 263 g/mol. The molecule has 0 aliphatic carbocycles. The van der Waals surface area contributed by atoms with Crippen LogP contribution in [0.4, 0.5) is 13.2 Å². The van der Waals surface area contributed by atoms with E-state index in [4.69, 9.17) is 4.74 Å². The number of aryl methyl sites for hydroxylation is 1. The summed E-state index contributed by atoms with van der Waals surface area (Å²) in [5, 5.41) is 2.97. The smallest absolute Gasteiger partial charge is 0.411 e. The molecule has 1 aromatic rings. The van der Waals surface area contributed by atoms with Crippen molar-refractivity contribution in [1.82, 2.24) is 5.32 Å². The number of hydrogen-bond donors (Lipinski definition) is 1. The summed E-state index contributed by atoms with van der Waals surface area (Å²) in [7, 11) is 1.78. The minimum absolute atomic E-state index is 0.416. The van der Waals surface area contributed by atoms with Crippen LogP contribution in [0.5, 0.6) is 5.75 Å². The lowest BCUT2D eigenvalue weighted by Gasteiger charge is -2.14. The highest BCUT2D eigenvalue weighted by molar-refractivity contribution is 5.40. The number of hydrogen-bond acceptors (Lipinski definition) is 3. The van der Waals surface area contributed by atoms with Crippen LogP contribution in [0.25, 0.3) is 0 Å². The normalized spacial score (nSPS) is 11.6. The third-order valence-electron chi connectivity index (χ3n) is 2.21. The largest absolute Gasteiger partial charge is 0.467 e. The number of nitrogens with one attached hydrogen (secondary N) is 1. The molecule has 18 heavy (non-hydrogen) atoms. The van der Waals surface area contributed by atoms with Crippen molar-refractivity contribution >= 4 is 0 Å². The van der Waals surface area contributed by atoms with E-state index in [1.54, 1.807) is 7.05 Å². The molecule has 0 aromatic heterocycles. The zero-order valence-electron chi connectivity index (χ0n) is 10.3. The van der Waals surface area contributed by atoms with Gasteiger partial charge in [-0.05, 0) is 19.5 Å². The standard InChI is InChI=1S/C12H16F3NO2/c1-9-4-3-5-10(6-16-2)11(9)18-8-17-7-12(13,14)15/h3-5,16H,6-8H2,1-2H3. The van der Waals surface area contributed by atoms with Gasteiger partial charge in [0, 0.05) is 12.1 Å². The molecule has 1 aromatic carbocycles. The van der Waals surface area contributed by atoms with Crippen LogP contribution in [0.3, 0.4) is 0 Å². The summed E-state index contributed by atoms with van der Waals surface area (Å²) in [5.74, 6) is 0.564. The SMILES string of the molecule is CNCc1cccc(C)c1OCOCC(F)(F)F. The number of rotatable bonds is 6. The molecular weight excluding hydrogens is 247 g/mol. The van der Waals surface area contributed by atoms with Gasteiger partial charge in [-0.2, -0.15) is 13.2 Å². The van der Waals surface area contributed by atoms with Crippen molar-refractivity contribution in [3.8, 4) is 5.75 Å². The van der Waals surface area contributed by atoms with Gasteiger partial charge < -0.3 is 14.8 Å². The molecule has 0 aliphatic heterocycles. The predicted octanol–water partition coefficient (Wildman–Crippen LogP) is 2.63. The summed E-state index contributed by atoms with van der Waals surface area (Å²) in [6.07, 6.45) is -4.33. The van der Waals surface area contributed by atoms with Crippen LogP contribution < -0.4 is 10.1 Å². The zero-order chi connectivity index (χ0) is 13.6. The second kappa shape index (κ2) is 6.61. The van der Waals surface area contributed by atoms with E-state index in [0.717, 1.165) is 11.1 Å². The van der Waals surface area contributed by atoms with Crippen LogP contribution >= 0.6 is 0 Å². The maximum atomic E-state index is 11.9. The number of ether oxygens (including phenoxy) is 2. The molecule has 0 saturated carbocycles. The quantitative estimate of drug-likeness (QED) is 0.632. The Bertz CT molecular complexity index is 380. The number of para-hydroxylation sites is 1. The second-order valence-corrected chi connectivity index (χ2v) is 3.82. The maximum Gasteiger partial charge on any atom is 0.411 e. The van der Waals surface area contributed by atoms with Gasteiger partial charge in [-0.3, -0.25) is 0 Å². The summed E-state index contributed by atoms with van der Waals surface area (Å²) >= 11 is 0. The Labute approximate surface area is 104 Å². The summed E-state index contributed by atoms with van der Waals surface area (Å²) in [4.78, 5) is 0. The van der Waals surface area contributed by atoms with E-state index >= 15 is 0 Å². The molecule has 0 atom stereocenters. The molecule has 0 fully saturated rings. The molecule has 0 heterocycles. The first kappa shape index (κ1) is 14.8. The maximum absolute atomic E-state index is 11.9. The van der Waals surface area contributed by atoms with Gasteiger partial charge in [-0.15, -0.1) is 0 Å². The second-order valence-electron chi connectivity index (χ2n) is 3.82. The lowest BCUT2D eigenvalue weighted by Crippen LogP contribution is -2.19. The Kier molecular flexibility index (Phi) is 5.43. The molecule has 0 radical (unpaired) electrons. The van der Waals surface area contributed by atoms with Gasteiger partial charge in [-0.25, -0.2) is 0 Å². The highest BCUT2D eigenvalue weighted by Gasteiger charge is 2.27. The van der Waals surface area contributed by atoms with Crippen molar-refractivity contribution in [2.75, 3.05) is 20.4 Å². The Balaban J connectivity index is 2.55. The summed E-state index contributed by atoms with van der Waals surface area (Å²) in [6.45, 7) is 0.690. The van der Waals surface area contributed by atoms with Gasteiger partial charge in [0.15, 0.2) is 6.79 Å². The first-order valence-corrected chi connectivity index (χ1v) is 5.44. The van der Waals surface area contributed by atoms with Crippen molar-refractivity contribution < 1.29 is 22.6 Å². The van der Waals surface area contributed by atoms with Crippen molar-refractivity contribution in [3.63, 3.8) is 0 Å². The molecule has 1 rings (SSSR count). The lowest BCUT2D eigenvalue weighted by molar-refractivity contribution is -0.186. The fourth-order valence-corrected chi connectivity index (χ4v) is 1.51. The van der Waals surface area contributed by atoms with Crippen molar-refractivity contribution in [3.05, 3.63) is 29.3 Å². The molecule has 1 N–H and O–H groups in total. The van der Waals surface area contributed by atoms with Gasteiger partial charge in [0.2, 0.25) is 0 Å². The number of halogens is 3. The molecule has 0 spiro atoms. The van der Waals surface area contributed by atoms with Gasteiger partial charge in [0.05, 0.1) is 0 Å². The Morgan fingerprint density at radius 3 is 2.61 bits per heavy atom. The van der Waals surface area contributed by atoms with Crippen molar-refractivity contribution in [1.29, 1.82) is 0 Å². The third kappa shape index (κ3) is 4.93. The summed E-state index contributed by atoms with van der Waals surface area (Å²) in [6, 6.07) is 5.55. The van der Waals surface area contributed by atoms with E-state index in [9.17, 15) is 13.2 Å². The Morgan fingerprint density at radius 2 is 2.00 bits per heavy atom. The lowest BCUT2D eigenvalue weighted by atomic mass is 10.1. The predicted molar refractivity (Wildman–Crippen MR) is 61.4 cm³/mol. The topological polar surface area (TPSA) is 30.5 Å². The minimum Gasteiger partial charge on any atom is -0.467 e. The van der Waals surface area contributed by atoms with Crippen molar-refractivity contribution in [2.45, 2.75) is 19.6 Å². The van der Waals surface area contributed by atoms with Gasteiger partial charge >= 0.3 is 6.18 Å². The Morgan fingerprint density at radius 1 is 1.28 bits per heavy atom. The molecular formula is C12H16F3NO2. The first-order valence-electron chi connectivity index (χ1n) is 5.44. The molecule has 6 heteroatoms. The average Bonchev–Trinajstić information content (AvgIpc) is 2.26. The first-order chi connectivity index (χ1) is 8.44. The van der Waals surface area contributed by atoms with E-state index in [0.29, 0.717) is 12.3 Å². The van der Waals surface area contributed by atoms with Crippen LogP contribution in [0.1, 0.15) is 11.1 Å². The van der Waals surface area contributed by atoms with E-state index in [1.807, 2.05) is 25.1 Å². The number of alkyl halides is 3. The third-order valence-corrected chi connectivity index (χ3v) is 2.21. The molecule has 102 valence electrons. The van der Waals surface area contributed by atoms with Crippen LogP contribution in [-0.4, -0.2) is 26.6 Å². The van der Waals surface area contributed by atoms with Gasteiger partial charge in [0.25, 0.3) is 0 Å². The highest BCUT2D eigenvalue weighted by atomic mass is 19.4. The summed E-state index contributed by atoms with van der Waals surface area (Å²) in [5.41, 5.74) is 1.74. The van der Waals surface area contributed by atoms with Crippen LogP contribution in [0.15, 0.2) is 18.2 Å². The zero-order valence-corrected chi connectivity index (χ0v) is 10.3. The van der Waals surface area contributed by atoms with E-state index in [2.05, 4.69) is 10.1 Å². The van der Waals surface area contributed by atoms with Crippen LogP contribution in [-0.2, 0) is 11.3 Å². The van der Waals surface area contributed by atoms with Gasteiger partial charge in [-0.1, -0.05) is 18.2 Å². The van der Waals surface area contributed by atoms with Crippen molar-refractivity contribution in [2.24, 2.45) is 0 Å². The highest BCUT2D eigenvalue weighted by Crippen LogP contribution is 2.23. The molecule has 0 unspecified atom stereocenters. The number of benzene rings is 1. The molecule has 0 bridgehead atoms. The molecule has 0 saturated heterocycles. The van der Waals surface area contributed by atoms with E-state index < -0.39 is 19.6 Å². The summed E-state index contributed by atoms with van der Waals surface area (Å²) < 4.78 is 45.3. The van der Waals surface area contributed by atoms with E-state index in [-0.39, 0.29) is 0 Å². The van der Waals surface area contributed by atoms with Crippen LogP contribution in [0.2, 0.25) is 0 Å². The Hall–Kier alpha value is -1.27.